The molecule has 1 saturated carbocycles. The fourth-order valence-corrected chi connectivity index (χ4v) is 4.24. The minimum Gasteiger partial charge on any atom is -0.353 e. The van der Waals surface area contributed by atoms with E-state index in [4.69, 9.17) is 0 Å². The Labute approximate surface area is 155 Å². The number of alkyl halides is 2. The third-order valence-electron chi connectivity index (χ3n) is 5.62. The number of hydrogen-bond donors (Lipinski definition) is 2. The Kier molecular flexibility index (Phi) is 4.20. The zero-order chi connectivity index (χ0) is 19.3. The van der Waals surface area contributed by atoms with Crippen molar-refractivity contribution in [3.8, 4) is 0 Å². The van der Waals surface area contributed by atoms with Crippen LogP contribution in [-0.4, -0.2) is 26.5 Å². The summed E-state index contributed by atoms with van der Waals surface area (Å²) in [6.07, 6.45) is 1.57. The van der Waals surface area contributed by atoms with Gasteiger partial charge in [0.25, 0.3) is 11.5 Å². The van der Waals surface area contributed by atoms with Gasteiger partial charge in [-0.15, -0.1) is 0 Å². The molecule has 5 nitrogen and oxygen atoms in total. The Bertz CT molecular complexity index is 1060. The van der Waals surface area contributed by atoms with E-state index in [0.29, 0.717) is 16.9 Å². The van der Waals surface area contributed by atoms with Crippen molar-refractivity contribution in [1.29, 1.82) is 0 Å². The molecule has 4 rings (SSSR count). The second kappa shape index (κ2) is 6.32. The molecule has 0 radical (unpaired) electrons. The lowest BCUT2D eigenvalue weighted by atomic mass is 9.88. The van der Waals surface area contributed by atoms with Crippen LogP contribution in [0.4, 0.5) is 14.7 Å². The van der Waals surface area contributed by atoms with Crippen LogP contribution in [0.3, 0.4) is 0 Å². The highest BCUT2D eigenvalue weighted by atomic mass is 19.3. The van der Waals surface area contributed by atoms with Crippen molar-refractivity contribution < 1.29 is 8.78 Å². The first-order valence-electron chi connectivity index (χ1n) is 9.52. The fourth-order valence-electron chi connectivity index (χ4n) is 4.24. The van der Waals surface area contributed by atoms with E-state index in [2.05, 4.69) is 40.6 Å². The second-order valence-electron chi connectivity index (χ2n) is 7.54. The lowest BCUT2D eigenvalue weighted by Crippen LogP contribution is -2.44. The first kappa shape index (κ1) is 17.9. The van der Waals surface area contributed by atoms with Gasteiger partial charge in [0, 0.05) is 41.5 Å². The number of aromatic amines is 1. The summed E-state index contributed by atoms with van der Waals surface area (Å²) in [6, 6.07) is 5.89. The van der Waals surface area contributed by atoms with E-state index in [1.54, 1.807) is 0 Å². The molecule has 27 heavy (non-hydrogen) atoms. The van der Waals surface area contributed by atoms with E-state index < -0.39 is 5.92 Å². The van der Waals surface area contributed by atoms with Gasteiger partial charge in [-0.2, -0.15) is 0 Å². The van der Waals surface area contributed by atoms with Crippen molar-refractivity contribution >= 4 is 27.8 Å². The first-order valence-corrected chi connectivity index (χ1v) is 9.52. The van der Waals surface area contributed by atoms with E-state index >= 15 is 0 Å². The van der Waals surface area contributed by atoms with Crippen molar-refractivity contribution in [3.63, 3.8) is 0 Å². The number of nitrogens with one attached hydrogen (secondary N) is 2. The van der Waals surface area contributed by atoms with Crippen LogP contribution in [0.15, 0.2) is 23.0 Å². The van der Waals surface area contributed by atoms with Crippen LogP contribution < -0.4 is 10.9 Å². The number of halogens is 2. The van der Waals surface area contributed by atoms with Gasteiger partial charge < -0.3 is 9.88 Å². The Morgan fingerprint density at radius 1 is 1.33 bits per heavy atom. The number of hydrogen-bond acceptors (Lipinski definition) is 3. The zero-order valence-corrected chi connectivity index (χ0v) is 15.8. The Morgan fingerprint density at radius 2 is 2.04 bits per heavy atom. The van der Waals surface area contributed by atoms with Gasteiger partial charge in [-0.3, -0.25) is 9.78 Å². The zero-order valence-electron chi connectivity index (χ0n) is 15.8. The van der Waals surface area contributed by atoms with Gasteiger partial charge in [0.05, 0.1) is 10.9 Å². The summed E-state index contributed by atoms with van der Waals surface area (Å²) < 4.78 is 28.3. The van der Waals surface area contributed by atoms with Gasteiger partial charge in [0.1, 0.15) is 0 Å². The molecule has 7 heteroatoms. The van der Waals surface area contributed by atoms with Crippen LogP contribution in [0.25, 0.3) is 21.8 Å². The number of aromatic nitrogens is 3. The molecule has 0 aliphatic heterocycles. The second-order valence-corrected chi connectivity index (χ2v) is 7.54. The highest BCUT2D eigenvalue weighted by Gasteiger charge is 2.45. The topological polar surface area (TPSA) is 62.7 Å². The fraction of sp³-hybridized carbons (Fsp3) is 0.500. The summed E-state index contributed by atoms with van der Waals surface area (Å²) in [5.41, 5.74) is 2.47. The summed E-state index contributed by atoms with van der Waals surface area (Å²) >= 11 is 0. The first-order chi connectivity index (χ1) is 12.8. The van der Waals surface area contributed by atoms with Gasteiger partial charge in [-0.25, -0.2) is 13.8 Å². The van der Waals surface area contributed by atoms with Crippen molar-refractivity contribution in [2.45, 2.75) is 64.5 Å². The predicted octanol–water partition coefficient (Wildman–Crippen LogP) is 4.76. The van der Waals surface area contributed by atoms with E-state index in [1.165, 1.54) is 0 Å². The standard InChI is InChI=1S/C20H24F2N4O/c1-4-13(5-2)26-11(3)8-14-16(26)7-6-15-17(14)18(27)25-19(24-15)23-12-9-20(21,22)10-12/h6-8,12-13H,4-5,9-10H2,1-3H3,(H2,23,24,25,27). The van der Waals surface area contributed by atoms with E-state index in [0.717, 1.165) is 29.4 Å². The minimum atomic E-state index is -2.61. The van der Waals surface area contributed by atoms with Crippen LogP contribution in [0, 0.1) is 6.92 Å². The van der Waals surface area contributed by atoms with Crippen molar-refractivity contribution in [1.82, 2.24) is 14.5 Å². The summed E-state index contributed by atoms with van der Waals surface area (Å²) in [6.45, 7) is 6.38. The van der Waals surface area contributed by atoms with Crippen molar-refractivity contribution in [3.05, 3.63) is 34.2 Å². The van der Waals surface area contributed by atoms with E-state index in [-0.39, 0.29) is 30.4 Å². The largest absolute Gasteiger partial charge is 0.353 e. The van der Waals surface area contributed by atoms with Crippen molar-refractivity contribution in [2.75, 3.05) is 5.32 Å². The highest BCUT2D eigenvalue weighted by Crippen LogP contribution is 2.38. The number of H-pyrrole nitrogens is 1. The predicted molar refractivity (Wildman–Crippen MR) is 104 cm³/mol. The number of anilines is 1. The molecular formula is C20H24F2N4O. The molecule has 2 N–H and O–H groups in total. The Balaban J connectivity index is 1.79. The number of aryl methyl sites for hydroxylation is 1. The summed E-state index contributed by atoms with van der Waals surface area (Å²) in [7, 11) is 0. The molecule has 1 fully saturated rings. The Hall–Kier alpha value is -2.44. The third-order valence-corrected chi connectivity index (χ3v) is 5.62. The lowest BCUT2D eigenvalue weighted by molar-refractivity contribution is -0.0794. The maximum absolute atomic E-state index is 13.0. The molecule has 1 aliphatic rings. The molecule has 2 aromatic heterocycles. The van der Waals surface area contributed by atoms with Gasteiger partial charge in [-0.05, 0) is 38.0 Å². The molecule has 2 heterocycles. The van der Waals surface area contributed by atoms with Crippen LogP contribution in [0.1, 0.15) is 51.3 Å². The maximum atomic E-state index is 13.0. The highest BCUT2D eigenvalue weighted by molar-refractivity contribution is 6.05. The number of rotatable bonds is 5. The third kappa shape index (κ3) is 2.99. The van der Waals surface area contributed by atoms with Crippen LogP contribution in [-0.2, 0) is 0 Å². The maximum Gasteiger partial charge on any atom is 0.260 e. The average molecular weight is 374 g/mol. The molecule has 1 aliphatic carbocycles. The Morgan fingerprint density at radius 3 is 2.67 bits per heavy atom. The number of fused-ring (bicyclic) bond motifs is 3. The van der Waals surface area contributed by atoms with E-state index in [9.17, 15) is 13.6 Å². The quantitative estimate of drug-likeness (QED) is 0.677. The molecule has 0 bridgehead atoms. The summed E-state index contributed by atoms with van der Waals surface area (Å²) in [5.74, 6) is -2.36. The van der Waals surface area contributed by atoms with E-state index in [1.807, 2.05) is 18.2 Å². The van der Waals surface area contributed by atoms with Gasteiger partial charge in [0.15, 0.2) is 0 Å². The minimum absolute atomic E-state index is 0.231. The molecule has 0 atom stereocenters. The smallest absolute Gasteiger partial charge is 0.260 e. The molecule has 0 unspecified atom stereocenters. The molecule has 0 amide bonds. The summed E-state index contributed by atoms with van der Waals surface area (Å²) in [4.78, 5) is 19.9. The number of nitrogens with zero attached hydrogens (tertiary/aromatic N) is 2. The van der Waals surface area contributed by atoms with Crippen LogP contribution in [0.2, 0.25) is 0 Å². The SMILES string of the molecule is CCC(CC)n1c(C)cc2c3c(=O)[nH]c(NC4CC(F)(F)C4)nc3ccc21. The molecule has 0 saturated heterocycles. The normalized spacial score (nSPS) is 17.0. The molecule has 144 valence electrons. The van der Waals surface area contributed by atoms with Crippen LogP contribution in [0.5, 0.6) is 0 Å². The molecular weight excluding hydrogens is 350 g/mol. The molecule has 1 aromatic carbocycles. The molecule has 0 spiro atoms. The van der Waals surface area contributed by atoms with Gasteiger partial charge >= 0.3 is 0 Å². The van der Waals surface area contributed by atoms with Gasteiger partial charge in [0.2, 0.25) is 5.95 Å². The molecule has 3 aromatic rings. The average Bonchev–Trinajstić information content (AvgIpc) is 2.90. The monoisotopic (exact) mass is 374 g/mol. The number of benzene rings is 1. The lowest BCUT2D eigenvalue weighted by Gasteiger charge is -2.35. The van der Waals surface area contributed by atoms with Crippen LogP contribution >= 0.6 is 0 Å². The van der Waals surface area contributed by atoms with Crippen molar-refractivity contribution in [2.24, 2.45) is 0 Å². The van der Waals surface area contributed by atoms with Gasteiger partial charge in [-0.1, -0.05) is 13.8 Å². The summed E-state index contributed by atoms with van der Waals surface area (Å²) in [5, 5.41) is 4.34.